The van der Waals surface area contributed by atoms with E-state index in [1.54, 1.807) is 0 Å². The summed E-state index contributed by atoms with van der Waals surface area (Å²) in [6.07, 6.45) is 8.84. The SMILES string of the molecule is CC(Br)/C=C/C1CCC1. The molecule has 0 aromatic heterocycles. The Bertz CT molecular complexity index is 101. The summed E-state index contributed by atoms with van der Waals surface area (Å²) in [5.41, 5.74) is 0. The molecule has 0 radical (unpaired) electrons. The summed E-state index contributed by atoms with van der Waals surface area (Å²) in [7, 11) is 0. The number of alkyl halides is 1. The maximum absolute atomic E-state index is 3.47. The minimum atomic E-state index is 0.554. The molecule has 1 rings (SSSR count). The van der Waals surface area contributed by atoms with Crippen LogP contribution in [-0.2, 0) is 0 Å². The molecule has 0 aliphatic heterocycles. The van der Waals surface area contributed by atoms with E-state index in [1.807, 2.05) is 0 Å². The van der Waals surface area contributed by atoms with Gasteiger partial charge in [0, 0.05) is 4.83 Å². The maximum Gasteiger partial charge on any atom is 0.0297 e. The van der Waals surface area contributed by atoms with Crippen LogP contribution in [0.5, 0.6) is 0 Å². The lowest BCUT2D eigenvalue weighted by molar-refractivity contribution is 0.387. The molecule has 52 valence electrons. The topological polar surface area (TPSA) is 0 Å². The highest BCUT2D eigenvalue weighted by Crippen LogP contribution is 2.27. The van der Waals surface area contributed by atoms with Crippen molar-refractivity contribution in [3.8, 4) is 0 Å². The molecule has 0 aromatic carbocycles. The summed E-state index contributed by atoms with van der Waals surface area (Å²) in [5, 5.41) is 0. The molecule has 0 amide bonds. The molecule has 0 aromatic rings. The highest BCUT2D eigenvalue weighted by molar-refractivity contribution is 9.09. The largest absolute Gasteiger partial charge is 0.0848 e. The lowest BCUT2D eigenvalue weighted by Crippen LogP contribution is -2.07. The fourth-order valence-corrected chi connectivity index (χ4v) is 1.12. The number of rotatable bonds is 2. The zero-order valence-electron chi connectivity index (χ0n) is 5.81. The number of halogens is 1. The number of hydrogen-bond donors (Lipinski definition) is 0. The first-order valence-corrected chi connectivity index (χ1v) is 4.53. The minimum absolute atomic E-state index is 0.554. The smallest absolute Gasteiger partial charge is 0.0297 e. The predicted molar refractivity (Wildman–Crippen MR) is 44.9 cm³/mol. The van der Waals surface area contributed by atoms with Gasteiger partial charge in [0.05, 0.1) is 0 Å². The van der Waals surface area contributed by atoms with Crippen LogP contribution in [0.4, 0.5) is 0 Å². The molecule has 1 aliphatic rings. The second-order valence-corrected chi connectivity index (χ2v) is 4.20. The van der Waals surface area contributed by atoms with E-state index >= 15 is 0 Å². The molecule has 9 heavy (non-hydrogen) atoms. The van der Waals surface area contributed by atoms with E-state index in [-0.39, 0.29) is 0 Å². The van der Waals surface area contributed by atoms with E-state index < -0.39 is 0 Å². The zero-order valence-corrected chi connectivity index (χ0v) is 7.39. The molecule has 0 heterocycles. The minimum Gasteiger partial charge on any atom is -0.0848 e. The van der Waals surface area contributed by atoms with Gasteiger partial charge in [0.25, 0.3) is 0 Å². The Hall–Kier alpha value is 0.220. The second-order valence-electron chi connectivity index (χ2n) is 2.75. The van der Waals surface area contributed by atoms with Crippen molar-refractivity contribution >= 4 is 15.9 Å². The predicted octanol–water partition coefficient (Wildman–Crippen LogP) is 3.13. The van der Waals surface area contributed by atoms with Crippen LogP contribution in [0.3, 0.4) is 0 Å². The van der Waals surface area contributed by atoms with E-state index in [0.717, 1.165) is 5.92 Å². The summed E-state index contributed by atoms with van der Waals surface area (Å²) >= 11 is 3.47. The molecule has 0 bridgehead atoms. The van der Waals surface area contributed by atoms with E-state index in [4.69, 9.17) is 0 Å². The highest BCUT2D eigenvalue weighted by atomic mass is 79.9. The fourth-order valence-electron chi connectivity index (χ4n) is 0.943. The molecule has 1 heteroatoms. The van der Waals surface area contributed by atoms with Crippen molar-refractivity contribution in [3.05, 3.63) is 12.2 Å². The fraction of sp³-hybridized carbons (Fsp3) is 0.750. The zero-order chi connectivity index (χ0) is 6.69. The quantitative estimate of drug-likeness (QED) is 0.462. The van der Waals surface area contributed by atoms with Crippen molar-refractivity contribution in [1.82, 2.24) is 0 Å². The molecule has 0 nitrogen and oxygen atoms in total. The third-order valence-electron chi connectivity index (χ3n) is 1.80. The van der Waals surface area contributed by atoms with Gasteiger partial charge in [-0.05, 0) is 25.7 Å². The van der Waals surface area contributed by atoms with Gasteiger partial charge in [-0.15, -0.1) is 0 Å². The summed E-state index contributed by atoms with van der Waals surface area (Å²) in [4.78, 5) is 0.554. The first kappa shape index (κ1) is 7.33. The van der Waals surface area contributed by atoms with Crippen LogP contribution in [0, 0.1) is 5.92 Å². The highest BCUT2D eigenvalue weighted by Gasteiger charge is 2.13. The van der Waals surface area contributed by atoms with Crippen molar-refractivity contribution in [2.24, 2.45) is 5.92 Å². The van der Waals surface area contributed by atoms with E-state index in [0.29, 0.717) is 4.83 Å². The third-order valence-corrected chi connectivity index (χ3v) is 2.10. The van der Waals surface area contributed by atoms with E-state index in [1.165, 1.54) is 19.3 Å². The second kappa shape index (κ2) is 3.40. The van der Waals surface area contributed by atoms with Gasteiger partial charge >= 0.3 is 0 Å². The van der Waals surface area contributed by atoms with Crippen LogP contribution in [0.2, 0.25) is 0 Å². The maximum atomic E-state index is 3.47. The van der Waals surface area contributed by atoms with E-state index in [9.17, 15) is 0 Å². The molecule has 1 aliphatic carbocycles. The van der Waals surface area contributed by atoms with Gasteiger partial charge in [0.15, 0.2) is 0 Å². The van der Waals surface area contributed by atoms with Gasteiger partial charge in [0.2, 0.25) is 0 Å². The Kier molecular flexibility index (Phi) is 2.77. The monoisotopic (exact) mass is 188 g/mol. The standard InChI is InChI=1S/C8H13Br/c1-7(9)5-6-8-3-2-4-8/h5-8H,2-4H2,1H3/b6-5+. The van der Waals surface area contributed by atoms with Gasteiger partial charge in [-0.25, -0.2) is 0 Å². The van der Waals surface area contributed by atoms with Gasteiger partial charge in [-0.3, -0.25) is 0 Å². The normalized spacial score (nSPS) is 24.2. The first-order chi connectivity index (χ1) is 4.29. The van der Waals surface area contributed by atoms with E-state index in [2.05, 4.69) is 35.0 Å². The third kappa shape index (κ3) is 2.53. The van der Waals surface area contributed by atoms with Gasteiger partial charge in [0.1, 0.15) is 0 Å². The summed E-state index contributed by atoms with van der Waals surface area (Å²) in [5.74, 6) is 0.907. The molecule has 1 unspecified atom stereocenters. The van der Waals surface area contributed by atoms with Gasteiger partial charge < -0.3 is 0 Å². The summed E-state index contributed by atoms with van der Waals surface area (Å²) < 4.78 is 0. The number of hydrogen-bond acceptors (Lipinski definition) is 0. The van der Waals surface area contributed by atoms with Crippen molar-refractivity contribution < 1.29 is 0 Å². The van der Waals surface area contributed by atoms with Crippen molar-refractivity contribution in [2.75, 3.05) is 0 Å². The average Bonchev–Trinajstić information content (AvgIpc) is 1.60. The summed E-state index contributed by atoms with van der Waals surface area (Å²) in [6.45, 7) is 2.15. The lowest BCUT2D eigenvalue weighted by atomic mass is 9.85. The molecule has 0 spiro atoms. The van der Waals surface area contributed by atoms with Gasteiger partial charge in [-0.1, -0.05) is 34.5 Å². The molecule has 1 atom stereocenters. The van der Waals surface area contributed by atoms with Crippen LogP contribution in [0.1, 0.15) is 26.2 Å². The van der Waals surface area contributed by atoms with Crippen molar-refractivity contribution in [2.45, 2.75) is 31.0 Å². The molecule has 0 N–H and O–H groups in total. The van der Waals surface area contributed by atoms with Crippen LogP contribution in [0.15, 0.2) is 12.2 Å². The first-order valence-electron chi connectivity index (χ1n) is 3.61. The van der Waals surface area contributed by atoms with Crippen molar-refractivity contribution in [3.63, 3.8) is 0 Å². The molecular formula is C8H13Br. The Labute approximate surface area is 65.5 Å². The van der Waals surface area contributed by atoms with Crippen LogP contribution in [0.25, 0.3) is 0 Å². The molecule has 1 fully saturated rings. The van der Waals surface area contributed by atoms with Crippen LogP contribution >= 0.6 is 15.9 Å². The Morgan fingerprint density at radius 2 is 2.22 bits per heavy atom. The Morgan fingerprint density at radius 1 is 1.56 bits per heavy atom. The molecule has 1 saturated carbocycles. The summed E-state index contributed by atoms with van der Waals surface area (Å²) in [6, 6.07) is 0. The molecule has 0 saturated heterocycles. The van der Waals surface area contributed by atoms with Gasteiger partial charge in [-0.2, -0.15) is 0 Å². The average molecular weight is 189 g/mol. The Balaban J connectivity index is 2.14. The van der Waals surface area contributed by atoms with Crippen LogP contribution in [-0.4, -0.2) is 4.83 Å². The molecular weight excluding hydrogens is 176 g/mol. The lowest BCUT2D eigenvalue weighted by Gasteiger charge is -2.21. The van der Waals surface area contributed by atoms with Crippen molar-refractivity contribution in [1.29, 1.82) is 0 Å². The Morgan fingerprint density at radius 3 is 2.56 bits per heavy atom. The van der Waals surface area contributed by atoms with Crippen LogP contribution < -0.4 is 0 Å². The number of allylic oxidation sites excluding steroid dienone is 2.